The molecule has 2 aromatic carbocycles. The number of nitrogens with one attached hydrogen (secondary N) is 1. The van der Waals surface area contributed by atoms with Gasteiger partial charge in [-0.3, -0.25) is 4.79 Å². The van der Waals surface area contributed by atoms with E-state index in [9.17, 15) is 13.6 Å². The molecule has 0 radical (unpaired) electrons. The van der Waals surface area contributed by atoms with Gasteiger partial charge in [0.25, 0.3) is 5.91 Å². The Bertz CT molecular complexity index is 981. The lowest BCUT2D eigenvalue weighted by molar-refractivity contribution is -0.118. The number of anilines is 1. The highest BCUT2D eigenvalue weighted by Gasteiger charge is 2.18. The SMILES string of the molecule is O=C(COc1ccc2oc3c(c2c1)CCCC3)Nc1cc(F)ccc1F. The van der Waals surface area contributed by atoms with E-state index in [1.54, 1.807) is 6.07 Å². The van der Waals surface area contributed by atoms with Crippen LogP contribution in [0.4, 0.5) is 14.5 Å². The van der Waals surface area contributed by atoms with Gasteiger partial charge in [0.1, 0.15) is 28.7 Å². The first-order valence-corrected chi connectivity index (χ1v) is 8.52. The molecule has 6 heteroatoms. The summed E-state index contributed by atoms with van der Waals surface area (Å²) in [6, 6.07) is 8.29. The lowest BCUT2D eigenvalue weighted by Crippen LogP contribution is -2.20. The van der Waals surface area contributed by atoms with E-state index in [0.29, 0.717) is 5.75 Å². The Balaban J connectivity index is 1.45. The number of ether oxygens (including phenoxy) is 1. The smallest absolute Gasteiger partial charge is 0.262 e. The lowest BCUT2D eigenvalue weighted by atomic mass is 9.96. The first-order chi connectivity index (χ1) is 12.6. The molecule has 0 fully saturated rings. The molecule has 0 saturated heterocycles. The molecule has 0 saturated carbocycles. The van der Waals surface area contributed by atoms with Crippen LogP contribution in [0.1, 0.15) is 24.2 Å². The first kappa shape index (κ1) is 16.6. The van der Waals surface area contributed by atoms with Crippen LogP contribution in [0, 0.1) is 11.6 Å². The van der Waals surface area contributed by atoms with Crippen LogP contribution in [0.25, 0.3) is 11.0 Å². The van der Waals surface area contributed by atoms with Crippen LogP contribution < -0.4 is 10.1 Å². The summed E-state index contributed by atoms with van der Waals surface area (Å²) in [5.74, 6) is -0.336. The van der Waals surface area contributed by atoms with Gasteiger partial charge in [-0.15, -0.1) is 0 Å². The summed E-state index contributed by atoms with van der Waals surface area (Å²) in [6.07, 6.45) is 4.19. The number of benzene rings is 2. The van der Waals surface area contributed by atoms with Gasteiger partial charge in [-0.25, -0.2) is 8.78 Å². The lowest BCUT2D eigenvalue weighted by Gasteiger charge is -2.10. The third-order valence-corrected chi connectivity index (χ3v) is 4.50. The van der Waals surface area contributed by atoms with Crippen molar-refractivity contribution < 1.29 is 22.7 Å². The Morgan fingerprint density at radius 1 is 1.12 bits per heavy atom. The van der Waals surface area contributed by atoms with E-state index in [1.165, 1.54) is 5.56 Å². The summed E-state index contributed by atoms with van der Waals surface area (Å²) < 4.78 is 38.1. The van der Waals surface area contributed by atoms with Crippen molar-refractivity contribution in [3.8, 4) is 5.75 Å². The van der Waals surface area contributed by atoms with E-state index in [2.05, 4.69) is 5.32 Å². The normalized spacial score (nSPS) is 13.5. The Hall–Kier alpha value is -2.89. The highest BCUT2D eigenvalue weighted by Crippen LogP contribution is 2.33. The van der Waals surface area contributed by atoms with Crippen molar-refractivity contribution in [2.24, 2.45) is 0 Å². The maximum Gasteiger partial charge on any atom is 0.262 e. The minimum atomic E-state index is -0.703. The van der Waals surface area contributed by atoms with Gasteiger partial charge in [0.2, 0.25) is 0 Å². The van der Waals surface area contributed by atoms with Gasteiger partial charge in [0, 0.05) is 23.4 Å². The molecule has 1 heterocycles. The number of rotatable bonds is 4. The van der Waals surface area contributed by atoms with Gasteiger partial charge in [-0.05, 0) is 49.6 Å². The number of carbonyl (C=O) groups is 1. The molecule has 134 valence electrons. The van der Waals surface area contributed by atoms with E-state index in [4.69, 9.17) is 9.15 Å². The average molecular weight is 357 g/mol. The molecule has 0 bridgehead atoms. The maximum absolute atomic E-state index is 13.6. The van der Waals surface area contributed by atoms with Crippen molar-refractivity contribution in [3.05, 3.63) is 59.4 Å². The summed E-state index contributed by atoms with van der Waals surface area (Å²) in [5.41, 5.74) is 1.82. The van der Waals surface area contributed by atoms with Crippen molar-refractivity contribution >= 4 is 22.6 Å². The summed E-state index contributed by atoms with van der Waals surface area (Å²) in [5, 5.41) is 3.31. The minimum Gasteiger partial charge on any atom is -0.484 e. The standard InChI is InChI=1S/C20H17F2NO3/c21-12-5-7-16(22)17(9-12)23-20(24)11-25-13-6-8-19-15(10-13)14-3-1-2-4-18(14)26-19/h5-10H,1-4,11H2,(H,23,24). The van der Waals surface area contributed by atoms with Gasteiger partial charge in [-0.2, -0.15) is 0 Å². The van der Waals surface area contributed by atoms with E-state index >= 15 is 0 Å². The molecule has 0 unspecified atom stereocenters. The quantitative estimate of drug-likeness (QED) is 0.742. The fraction of sp³-hybridized carbons (Fsp3) is 0.250. The fourth-order valence-corrected chi connectivity index (χ4v) is 3.26. The maximum atomic E-state index is 13.6. The van der Waals surface area contributed by atoms with Crippen molar-refractivity contribution in [2.45, 2.75) is 25.7 Å². The number of fused-ring (bicyclic) bond motifs is 3. The molecule has 3 aromatic rings. The van der Waals surface area contributed by atoms with Crippen molar-refractivity contribution in [3.63, 3.8) is 0 Å². The van der Waals surface area contributed by atoms with E-state index < -0.39 is 17.5 Å². The third kappa shape index (κ3) is 3.27. The molecule has 0 aliphatic heterocycles. The number of aryl methyl sites for hydroxylation is 2. The Morgan fingerprint density at radius 2 is 1.96 bits per heavy atom. The Labute approximate surface area is 148 Å². The second-order valence-corrected chi connectivity index (χ2v) is 6.33. The van der Waals surface area contributed by atoms with Gasteiger partial charge < -0.3 is 14.5 Å². The molecule has 1 aromatic heterocycles. The number of furan rings is 1. The van der Waals surface area contributed by atoms with Crippen molar-refractivity contribution in [1.29, 1.82) is 0 Å². The molecule has 1 aliphatic rings. The highest BCUT2D eigenvalue weighted by molar-refractivity contribution is 5.92. The predicted octanol–water partition coefficient (Wildman–Crippen LogP) is 4.61. The Morgan fingerprint density at radius 3 is 2.85 bits per heavy atom. The molecule has 1 N–H and O–H groups in total. The van der Waals surface area contributed by atoms with E-state index in [1.807, 2.05) is 12.1 Å². The van der Waals surface area contributed by atoms with E-state index in [-0.39, 0.29) is 12.3 Å². The van der Waals surface area contributed by atoms with Crippen LogP contribution in [0.5, 0.6) is 5.75 Å². The molecule has 1 amide bonds. The van der Waals surface area contributed by atoms with Gasteiger partial charge in [0.05, 0.1) is 5.69 Å². The summed E-state index contributed by atoms with van der Waals surface area (Å²) in [7, 11) is 0. The zero-order chi connectivity index (χ0) is 18.1. The number of hydrogen-bond acceptors (Lipinski definition) is 3. The summed E-state index contributed by atoms with van der Waals surface area (Å²) >= 11 is 0. The van der Waals surface area contributed by atoms with Crippen LogP contribution >= 0.6 is 0 Å². The second-order valence-electron chi connectivity index (χ2n) is 6.33. The second kappa shape index (κ2) is 6.78. The molecular formula is C20H17F2NO3. The average Bonchev–Trinajstić information content (AvgIpc) is 3.01. The zero-order valence-electron chi connectivity index (χ0n) is 14.0. The van der Waals surface area contributed by atoms with Crippen molar-refractivity contribution in [2.75, 3.05) is 11.9 Å². The minimum absolute atomic E-state index is 0.210. The molecule has 26 heavy (non-hydrogen) atoms. The van der Waals surface area contributed by atoms with Crippen LogP contribution in [0.2, 0.25) is 0 Å². The third-order valence-electron chi connectivity index (χ3n) is 4.50. The molecule has 4 rings (SSSR count). The Kier molecular flexibility index (Phi) is 4.32. The van der Waals surface area contributed by atoms with Crippen LogP contribution in [-0.4, -0.2) is 12.5 Å². The molecule has 0 atom stereocenters. The highest BCUT2D eigenvalue weighted by atomic mass is 19.1. The number of amides is 1. The topological polar surface area (TPSA) is 51.5 Å². The van der Waals surface area contributed by atoms with Crippen LogP contribution in [-0.2, 0) is 17.6 Å². The monoisotopic (exact) mass is 357 g/mol. The number of halogens is 2. The fourth-order valence-electron chi connectivity index (χ4n) is 3.26. The summed E-state index contributed by atoms with van der Waals surface area (Å²) in [4.78, 5) is 12.0. The molecule has 4 nitrogen and oxygen atoms in total. The van der Waals surface area contributed by atoms with Gasteiger partial charge in [-0.1, -0.05) is 0 Å². The van der Waals surface area contributed by atoms with Crippen LogP contribution in [0.15, 0.2) is 40.8 Å². The predicted molar refractivity (Wildman–Crippen MR) is 93.3 cm³/mol. The number of hydrogen-bond donors (Lipinski definition) is 1. The van der Waals surface area contributed by atoms with E-state index in [0.717, 1.165) is 60.6 Å². The van der Waals surface area contributed by atoms with Gasteiger partial charge >= 0.3 is 0 Å². The van der Waals surface area contributed by atoms with Gasteiger partial charge in [0.15, 0.2) is 6.61 Å². The van der Waals surface area contributed by atoms with Crippen LogP contribution in [0.3, 0.4) is 0 Å². The number of carbonyl (C=O) groups excluding carboxylic acids is 1. The zero-order valence-corrected chi connectivity index (χ0v) is 14.0. The summed E-state index contributed by atoms with van der Waals surface area (Å²) in [6.45, 7) is -0.304. The molecular weight excluding hydrogens is 340 g/mol. The van der Waals surface area contributed by atoms with Crippen molar-refractivity contribution in [1.82, 2.24) is 0 Å². The largest absolute Gasteiger partial charge is 0.484 e. The molecule has 1 aliphatic carbocycles. The first-order valence-electron chi connectivity index (χ1n) is 8.52. The molecule has 0 spiro atoms.